The lowest BCUT2D eigenvalue weighted by atomic mass is 10.1. The number of hydrogen-bond acceptors (Lipinski definition) is 11. The number of rotatable bonds is 26. The monoisotopic (exact) mass is 791 g/mol. The van der Waals surface area contributed by atoms with Crippen LogP contribution in [0.1, 0.15) is 23.7 Å². The summed E-state index contributed by atoms with van der Waals surface area (Å²) in [6.07, 6.45) is 13.3. The Balaban J connectivity index is 1.33. The zero-order valence-corrected chi connectivity index (χ0v) is 33.1. The summed E-state index contributed by atoms with van der Waals surface area (Å²) in [6.45, 7) is 5.00. The van der Waals surface area contributed by atoms with Gasteiger partial charge in [-0.2, -0.15) is 4.57 Å². The molecule has 0 aliphatic rings. The average Bonchev–Trinajstić information content (AvgIpc) is 3.20. The lowest BCUT2D eigenvalue weighted by Gasteiger charge is -2.22. The summed E-state index contributed by atoms with van der Waals surface area (Å²) < 4.78 is 1.89. The zero-order valence-electron chi connectivity index (χ0n) is 31.5. The molecule has 0 saturated carbocycles. The summed E-state index contributed by atoms with van der Waals surface area (Å²) in [5.74, 6) is 1.22. The van der Waals surface area contributed by atoms with E-state index in [-0.39, 0.29) is 51.3 Å². The lowest BCUT2D eigenvalue weighted by molar-refractivity contribution is -0.686. The Labute approximate surface area is 332 Å². The maximum Gasteiger partial charge on any atom is 0.286 e. The van der Waals surface area contributed by atoms with E-state index >= 15 is 0 Å². The van der Waals surface area contributed by atoms with Gasteiger partial charge in [-0.15, -0.1) is 0 Å². The van der Waals surface area contributed by atoms with E-state index in [1.807, 2.05) is 131 Å². The largest absolute Gasteiger partial charge is 0.395 e. The first-order valence-corrected chi connectivity index (χ1v) is 20.8. The van der Waals surface area contributed by atoms with Crippen molar-refractivity contribution in [3.63, 3.8) is 0 Å². The van der Waals surface area contributed by atoms with Crippen LogP contribution in [0.25, 0.3) is 18.2 Å². The van der Waals surface area contributed by atoms with Crippen LogP contribution in [0, 0.1) is 0 Å². The number of aromatic nitrogens is 1. The summed E-state index contributed by atoms with van der Waals surface area (Å²) >= 11 is 0. The number of allylic oxidation sites excluding steroid dienone is 3. The van der Waals surface area contributed by atoms with Crippen molar-refractivity contribution in [2.45, 2.75) is 13.5 Å². The number of anilines is 2. The highest BCUT2D eigenvalue weighted by atomic mass is 33.1. The molecule has 0 atom stereocenters. The maximum atomic E-state index is 12.7. The van der Waals surface area contributed by atoms with Crippen LogP contribution in [0.2, 0.25) is 0 Å². The van der Waals surface area contributed by atoms with Gasteiger partial charge in [0, 0.05) is 80.4 Å². The highest BCUT2D eigenvalue weighted by molar-refractivity contribution is 8.76. The van der Waals surface area contributed by atoms with Crippen LogP contribution >= 0.6 is 21.6 Å². The summed E-state index contributed by atoms with van der Waals surface area (Å²) in [5, 5.41) is 43.0. The number of carbonyl (C=O) groups excluding carboxylic acids is 2. The van der Waals surface area contributed by atoms with Gasteiger partial charge in [0.15, 0.2) is 6.20 Å². The van der Waals surface area contributed by atoms with Crippen LogP contribution in [0.4, 0.5) is 11.4 Å². The summed E-state index contributed by atoms with van der Waals surface area (Å²) in [7, 11) is 3.28. The summed E-state index contributed by atoms with van der Waals surface area (Å²) in [4.78, 5) is 33.4. The average molecular weight is 792 g/mol. The van der Waals surface area contributed by atoms with Crippen LogP contribution in [-0.4, -0.2) is 122 Å². The number of nitrogens with one attached hydrogen (secondary N) is 2. The van der Waals surface area contributed by atoms with Gasteiger partial charge in [-0.25, -0.2) is 0 Å². The van der Waals surface area contributed by atoms with Gasteiger partial charge >= 0.3 is 0 Å². The fraction of sp³-hybridized carbons (Fsp3) is 0.366. The molecule has 2 aromatic carbocycles. The van der Waals surface area contributed by atoms with Gasteiger partial charge in [-0.3, -0.25) is 14.6 Å². The second kappa shape index (κ2) is 27.2. The minimum atomic E-state index is -0.157. The molecule has 0 fully saturated rings. The molecule has 1 aromatic heterocycles. The van der Waals surface area contributed by atoms with E-state index in [2.05, 4.69) is 15.6 Å². The number of amides is 2. The lowest BCUT2D eigenvalue weighted by Crippen LogP contribution is -2.45. The predicted octanol–water partition coefficient (Wildman–Crippen LogP) is 3.07. The molecule has 0 aliphatic carbocycles. The SMILES string of the molecule is C/C=C\C(/C=C/c1ccc(N(CCO)CCO)cc1)=NCC(=O)NCCSSCCNC(=O)C[n+]1ccccc1/C=C/c1ccc(N(CCO)CCO)cc1. The minimum Gasteiger partial charge on any atom is -0.395 e. The Kier molecular flexibility index (Phi) is 22.2. The number of hydrogen-bond donors (Lipinski definition) is 6. The fourth-order valence-corrected chi connectivity index (χ4v) is 7.12. The van der Waals surface area contributed by atoms with Crippen molar-refractivity contribution < 1.29 is 34.6 Å². The van der Waals surface area contributed by atoms with Crippen molar-refractivity contribution in [1.29, 1.82) is 0 Å². The first-order chi connectivity index (χ1) is 26.9. The van der Waals surface area contributed by atoms with E-state index in [1.165, 1.54) is 0 Å². The Morgan fingerprint density at radius 2 is 1.22 bits per heavy atom. The topological polar surface area (TPSA) is 162 Å². The molecule has 6 N–H and O–H groups in total. The molecule has 296 valence electrons. The molecule has 0 unspecified atom stereocenters. The Morgan fingerprint density at radius 3 is 1.75 bits per heavy atom. The highest BCUT2D eigenvalue weighted by Gasteiger charge is 2.13. The van der Waals surface area contributed by atoms with Crippen molar-refractivity contribution in [2.24, 2.45) is 4.99 Å². The number of aliphatic hydroxyl groups is 4. The van der Waals surface area contributed by atoms with E-state index in [0.29, 0.717) is 45.0 Å². The number of nitrogens with zero attached hydrogens (tertiary/aromatic N) is 4. The molecule has 0 bridgehead atoms. The molecule has 0 aliphatic heterocycles. The van der Waals surface area contributed by atoms with E-state index in [1.54, 1.807) is 21.6 Å². The Hall–Kier alpha value is -4.44. The van der Waals surface area contributed by atoms with Gasteiger partial charge in [-0.05, 0) is 66.6 Å². The predicted molar refractivity (Wildman–Crippen MR) is 228 cm³/mol. The molecule has 2 amide bonds. The molecule has 12 nitrogen and oxygen atoms in total. The molecule has 0 saturated heterocycles. The Bertz CT molecular complexity index is 1670. The number of carbonyl (C=O) groups is 2. The van der Waals surface area contributed by atoms with Crippen molar-refractivity contribution >= 4 is 68.7 Å². The second-order valence-corrected chi connectivity index (χ2v) is 14.8. The smallest absolute Gasteiger partial charge is 0.286 e. The second-order valence-electron chi connectivity index (χ2n) is 12.1. The maximum absolute atomic E-state index is 12.7. The van der Waals surface area contributed by atoms with Gasteiger partial charge in [-0.1, -0.05) is 58.0 Å². The molecule has 0 spiro atoms. The summed E-state index contributed by atoms with van der Waals surface area (Å²) in [6, 6.07) is 21.5. The third kappa shape index (κ3) is 17.7. The standard InChI is InChI=1S/C41H54N6O6S2/c1-2-5-36(13-7-34-9-15-38(16-10-34)45(22-26-48)23-27-49)44-32-40(52)42-19-30-54-55-31-20-43-41(53)33-47-21-4-3-6-37(47)14-8-35-11-17-39(18-12-35)46(24-28-50)25-29-51/h2-18,21,48-51H,19-20,22-33H2,1H3,(H-,42,43,52,53)/p+1/b5-2-,13-7+,44-36?. The number of benzene rings is 2. The molecule has 0 radical (unpaired) electrons. The molecular formula is C41H55N6O6S2+. The van der Waals surface area contributed by atoms with Crippen LogP contribution in [0.3, 0.4) is 0 Å². The van der Waals surface area contributed by atoms with Crippen molar-refractivity contribution in [3.8, 4) is 0 Å². The van der Waals surface area contributed by atoms with Gasteiger partial charge in [0.05, 0.1) is 32.1 Å². The molecule has 14 heteroatoms. The highest BCUT2D eigenvalue weighted by Crippen LogP contribution is 2.20. The quantitative estimate of drug-likeness (QED) is 0.0309. The van der Waals surface area contributed by atoms with Gasteiger partial charge in [0.2, 0.25) is 18.1 Å². The zero-order chi connectivity index (χ0) is 39.5. The van der Waals surface area contributed by atoms with Crippen molar-refractivity contribution in [2.75, 3.05) is 93.5 Å². The van der Waals surface area contributed by atoms with Crippen molar-refractivity contribution in [3.05, 3.63) is 108 Å². The van der Waals surface area contributed by atoms with E-state index < -0.39 is 0 Å². The van der Waals surface area contributed by atoms with Gasteiger partial charge < -0.3 is 40.9 Å². The van der Waals surface area contributed by atoms with Gasteiger partial charge in [0.25, 0.3) is 5.91 Å². The number of pyridine rings is 1. The molecule has 3 aromatic rings. The van der Waals surface area contributed by atoms with Crippen LogP contribution in [0.15, 0.2) is 96.1 Å². The molecule has 3 rings (SSSR count). The third-order valence-corrected chi connectivity index (χ3v) is 10.4. The molecular weight excluding hydrogens is 737 g/mol. The third-order valence-electron chi connectivity index (χ3n) is 8.02. The van der Waals surface area contributed by atoms with Crippen molar-refractivity contribution in [1.82, 2.24) is 10.6 Å². The van der Waals surface area contributed by atoms with E-state index in [9.17, 15) is 30.0 Å². The first-order valence-electron chi connectivity index (χ1n) is 18.3. The van der Waals surface area contributed by atoms with Gasteiger partial charge in [0.1, 0.15) is 6.54 Å². The number of aliphatic hydroxyl groups excluding tert-OH is 4. The van der Waals surface area contributed by atoms with E-state index in [0.717, 1.165) is 39.7 Å². The number of aliphatic imine (C=N–C) groups is 1. The van der Waals surface area contributed by atoms with E-state index in [4.69, 9.17) is 0 Å². The van der Waals surface area contributed by atoms with Crippen LogP contribution in [-0.2, 0) is 16.1 Å². The minimum absolute atomic E-state index is 0.00885. The molecule has 1 heterocycles. The van der Waals surface area contributed by atoms with Crippen LogP contribution in [0.5, 0.6) is 0 Å². The first kappa shape index (κ1) is 45.0. The molecule has 55 heavy (non-hydrogen) atoms. The van der Waals surface area contributed by atoms with Crippen LogP contribution < -0.4 is 25.0 Å². The Morgan fingerprint density at radius 1 is 0.691 bits per heavy atom. The summed E-state index contributed by atoms with van der Waals surface area (Å²) in [5.41, 5.74) is 5.37. The normalized spacial score (nSPS) is 11.8. The fourth-order valence-electron chi connectivity index (χ4n) is 5.31.